The maximum Gasteiger partial charge on any atom is 0.389 e. The Kier molecular flexibility index (Phi) is 7.82. The van der Waals surface area contributed by atoms with Crippen LogP contribution in [0.15, 0.2) is 42.5 Å². The monoisotopic (exact) mass is 604 g/mol. The predicted molar refractivity (Wildman–Crippen MR) is 149 cm³/mol. The average molecular weight is 605 g/mol. The van der Waals surface area contributed by atoms with Gasteiger partial charge in [0.15, 0.2) is 15.7 Å². The molecule has 2 N–H and O–H groups in total. The lowest BCUT2D eigenvalue weighted by Gasteiger charge is -2.36. The summed E-state index contributed by atoms with van der Waals surface area (Å²) >= 11 is 0. The standard InChI is InChI=1S/C29H31F3N4O5S/c1-18-6-3-4-7-20(18)16-36-23-15-28(34-27(38)25(23)26(35-36)33-24(37)17-42(2,39)40)12-10-19-14-21(8-9-22(19)28)41-13-5-11-29(30,31)32/h3-4,6-9,14H,5,10-13,15-17H2,1-2H3,(H,34,38)(H,33,35,37)/t28-/m0/s1. The van der Waals surface area contributed by atoms with Crippen LogP contribution in [0, 0.1) is 6.92 Å². The Morgan fingerprint density at radius 2 is 1.98 bits per heavy atom. The first-order valence-electron chi connectivity index (χ1n) is 13.5. The second-order valence-electron chi connectivity index (χ2n) is 11.0. The number of rotatable bonds is 9. The molecule has 1 atom stereocenters. The lowest BCUT2D eigenvalue weighted by atomic mass is 9.82. The van der Waals surface area contributed by atoms with Crippen LogP contribution in [-0.4, -0.2) is 54.8 Å². The molecule has 3 aromatic rings. The van der Waals surface area contributed by atoms with E-state index in [9.17, 15) is 31.2 Å². The van der Waals surface area contributed by atoms with Crippen molar-refractivity contribution in [2.24, 2.45) is 0 Å². The molecule has 2 aliphatic rings. The Balaban J connectivity index is 1.45. The van der Waals surface area contributed by atoms with Gasteiger partial charge in [0.1, 0.15) is 17.1 Å². The van der Waals surface area contributed by atoms with Gasteiger partial charge in [-0.3, -0.25) is 14.3 Å². The Hall–Kier alpha value is -3.87. The van der Waals surface area contributed by atoms with E-state index in [2.05, 4.69) is 15.7 Å². The summed E-state index contributed by atoms with van der Waals surface area (Å²) in [7, 11) is -3.60. The summed E-state index contributed by atoms with van der Waals surface area (Å²) in [5.41, 5.74) is 3.84. The molecule has 0 fully saturated rings. The minimum Gasteiger partial charge on any atom is -0.494 e. The molecule has 5 rings (SSSR count). The maximum atomic E-state index is 13.6. The van der Waals surface area contributed by atoms with Crippen molar-refractivity contribution in [3.63, 3.8) is 0 Å². The molecule has 2 amide bonds. The number of halogens is 3. The zero-order chi connectivity index (χ0) is 30.3. The highest BCUT2D eigenvalue weighted by Crippen LogP contribution is 2.44. The van der Waals surface area contributed by atoms with E-state index in [1.165, 1.54) is 0 Å². The van der Waals surface area contributed by atoms with Gasteiger partial charge in [0.25, 0.3) is 5.91 Å². The highest BCUT2D eigenvalue weighted by atomic mass is 32.2. The number of nitrogens with zero attached hydrogens (tertiary/aromatic N) is 2. The van der Waals surface area contributed by atoms with Crippen molar-refractivity contribution < 1.29 is 35.9 Å². The lowest BCUT2D eigenvalue weighted by Crippen LogP contribution is -2.50. The molecule has 0 radical (unpaired) electrons. The van der Waals surface area contributed by atoms with Crippen LogP contribution < -0.4 is 15.4 Å². The quantitative estimate of drug-likeness (QED) is 0.356. The summed E-state index contributed by atoms with van der Waals surface area (Å²) in [5, 5.41) is 10.2. The molecule has 1 spiro atoms. The number of nitrogens with one attached hydrogen (secondary N) is 2. The van der Waals surface area contributed by atoms with Crippen molar-refractivity contribution in [1.82, 2.24) is 15.1 Å². The van der Waals surface area contributed by atoms with E-state index in [0.717, 1.165) is 28.5 Å². The number of carbonyl (C=O) groups excluding carboxylic acids is 2. The largest absolute Gasteiger partial charge is 0.494 e. The molecule has 0 saturated carbocycles. The molecule has 13 heteroatoms. The van der Waals surface area contributed by atoms with Crippen molar-refractivity contribution >= 4 is 27.5 Å². The third kappa shape index (κ3) is 6.45. The van der Waals surface area contributed by atoms with Crippen molar-refractivity contribution in [3.05, 3.63) is 76.0 Å². The number of anilines is 1. The zero-order valence-corrected chi connectivity index (χ0v) is 24.0. The number of amides is 2. The summed E-state index contributed by atoms with van der Waals surface area (Å²) in [6.45, 7) is 2.23. The Bertz CT molecular complexity index is 1650. The summed E-state index contributed by atoms with van der Waals surface area (Å²) in [6, 6.07) is 13.1. The van der Waals surface area contributed by atoms with Crippen molar-refractivity contribution in [3.8, 4) is 5.75 Å². The lowest BCUT2D eigenvalue weighted by molar-refractivity contribution is -0.136. The fourth-order valence-electron chi connectivity index (χ4n) is 5.69. The van der Waals surface area contributed by atoms with Gasteiger partial charge in [0, 0.05) is 19.1 Å². The molecular weight excluding hydrogens is 573 g/mol. The van der Waals surface area contributed by atoms with Crippen LogP contribution in [0.1, 0.15) is 57.6 Å². The Labute approximate surface area is 241 Å². The Morgan fingerprint density at radius 1 is 1.21 bits per heavy atom. The SMILES string of the molecule is Cc1ccccc1Cn1nc(NC(=O)CS(C)(=O)=O)c2c1C[C@]1(CCc3cc(OCCCC(F)(F)F)ccc31)NC2=O. The van der Waals surface area contributed by atoms with Gasteiger partial charge in [-0.05, 0) is 60.6 Å². The van der Waals surface area contributed by atoms with E-state index in [-0.39, 0.29) is 24.4 Å². The molecule has 9 nitrogen and oxygen atoms in total. The third-order valence-electron chi connectivity index (χ3n) is 7.63. The molecule has 224 valence electrons. The number of benzene rings is 2. The predicted octanol–water partition coefficient (Wildman–Crippen LogP) is 4.07. The number of hydrogen-bond acceptors (Lipinski definition) is 6. The van der Waals surface area contributed by atoms with E-state index >= 15 is 0 Å². The molecule has 0 unspecified atom stereocenters. The number of carbonyl (C=O) groups is 2. The molecule has 0 bridgehead atoms. The fourth-order valence-corrected chi connectivity index (χ4v) is 6.24. The van der Waals surface area contributed by atoms with Gasteiger partial charge < -0.3 is 15.4 Å². The van der Waals surface area contributed by atoms with Gasteiger partial charge in [-0.1, -0.05) is 30.3 Å². The van der Waals surface area contributed by atoms with Crippen LogP contribution in [-0.2, 0) is 39.6 Å². The van der Waals surface area contributed by atoms with Gasteiger partial charge in [-0.15, -0.1) is 0 Å². The third-order valence-corrected chi connectivity index (χ3v) is 8.41. The van der Waals surface area contributed by atoms with E-state index in [4.69, 9.17) is 4.74 Å². The first-order valence-corrected chi connectivity index (χ1v) is 15.6. The van der Waals surface area contributed by atoms with Crippen LogP contribution in [0.3, 0.4) is 0 Å². The second-order valence-corrected chi connectivity index (χ2v) is 13.1. The van der Waals surface area contributed by atoms with Gasteiger partial charge in [-0.2, -0.15) is 18.3 Å². The van der Waals surface area contributed by atoms with Crippen molar-refractivity contribution in [2.45, 2.75) is 57.3 Å². The molecule has 42 heavy (non-hydrogen) atoms. The fraction of sp³-hybridized carbons (Fsp3) is 0.414. The van der Waals surface area contributed by atoms with E-state index in [0.29, 0.717) is 37.3 Å². The molecular formula is C29H31F3N4O5S. The highest BCUT2D eigenvalue weighted by Gasteiger charge is 2.47. The van der Waals surface area contributed by atoms with Crippen LogP contribution in [0.4, 0.5) is 19.0 Å². The summed E-state index contributed by atoms with van der Waals surface area (Å²) in [6.07, 6.45) is -2.77. The molecule has 1 aliphatic carbocycles. The number of aryl methyl sites for hydroxylation is 2. The van der Waals surface area contributed by atoms with Crippen LogP contribution in [0.25, 0.3) is 0 Å². The number of ether oxygens (including phenoxy) is 1. The van der Waals surface area contributed by atoms with Gasteiger partial charge in [0.05, 0.1) is 24.4 Å². The van der Waals surface area contributed by atoms with Gasteiger partial charge >= 0.3 is 6.18 Å². The number of sulfone groups is 1. The summed E-state index contributed by atoms with van der Waals surface area (Å²) < 4.78 is 68.0. The minimum atomic E-state index is -4.23. The van der Waals surface area contributed by atoms with Crippen LogP contribution in [0.2, 0.25) is 0 Å². The first kappa shape index (κ1) is 29.6. The maximum absolute atomic E-state index is 13.6. The molecule has 2 aromatic carbocycles. The number of aromatic nitrogens is 2. The highest BCUT2D eigenvalue weighted by molar-refractivity contribution is 7.91. The minimum absolute atomic E-state index is 0.000379. The second kappa shape index (κ2) is 11.1. The van der Waals surface area contributed by atoms with Crippen molar-refractivity contribution in [1.29, 1.82) is 0 Å². The normalized spacial score (nSPS) is 18.0. The van der Waals surface area contributed by atoms with Gasteiger partial charge in [-0.25, -0.2) is 8.42 Å². The number of alkyl halides is 3. The topological polar surface area (TPSA) is 119 Å². The summed E-state index contributed by atoms with van der Waals surface area (Å²) in [5.74, 6) is -1.51. The van der Waals surface area contributed by atoms with Crippen molar-refractivity contribution in [2.75, 3.05) is 23.9 Å². The van der Waals surface area contributed by atoms with Gasteiger partial charge in [0.2, 0.25) is 5.91 Å². The Morgan fingerprint density at radius 3 is 2.69 bits per heavy atom. The summed E-state index contributed by atoms with van der Waals surface area (Å²) in [4.78, 5) is 26.1. The first-order chi connectivity index (χ1) is 19.7. The molecule has 1 aromatic heterocycles. The zero-order valence-electron chi connectivity index (χ0n) is 23.2. The van der Waals surface area contributed by atoms with Crippen LogP contribution in [0.5, 0.6) is 5.75 Å². The van der Waals surface area contributed by atoms with E-state index in [1.54, 1.807) is 16.8 Å². The average Bonchev–Trinajstić information content (AvgIpc) is 3.39. The molecule has 1 aliphatic heterocycles. The van der Waals surface area contributed by atoms with Crippen LogP contribution >= 0.6 is 0 Å². The van der Waals surface area contributed by atoms with E-state index in [1.807, 2.05) is 37.3 Å². The smallest absolute Gasteiger partial charge is 0.389 e. The van der Waals surface area contributed by atoms with E-state index < -0.39 is 45.5 Å². The molecule has 0 saturated heterocycles. The molecule has 2 heterocycles. The number of fused-ring (bicyclic) bond motifs is 3. The number of hydrogen-bond donors (Lipinski definition) is 2.